The zero-order chi connectivity index (χ0) is 17.4. The van der Waals surface area contributed by atoms with E-state index in [1.807, 2.05) is 24.4 Å². The second-order valence-electron chi connectivity index (χ2n) is 5.51. The summed E-state index contributed by atoms with van der Waals surface area (Å²) in [6.07, 6.45) is 1.37. The van der Waals surface area contributed by atoms with Crippen LogP contribution < -0.4 is 16.6 Å². The number of rotatable bonds is 3. The van der Waals surface area contributed by atoms with Crippen LogP contribution >= 0.6 is 11.3 Å². The second-order valence-corrected chi connectivity index (χ2v) is 6.49. The Bertz CT molecular complexity index is 1030. The first-order valence-corrected chi connectivity index (χ1v) is 8.18. The molecule has 0 fully saturated rings. The summed E-state index contributed by atoms with van der Waals surface area (Å²) < 4.78 is 2.28. The minimum Gasteiger partial charge on any atom is -0.345 e. The lowest BCUT2D eigenvalue weighted by Gasteiger charge is -2.13. The van der Waals surface area contributed by atoms with Crippen molar-refractivity contribution in [3.8, 4) is 0 Å². The van der Waals surface area contributed by atoms with Gasteiger partial charge in [-0.2, -0.15) is 0 Å². The summed E-state index contributed by atoms with van der Waals surface area (Å²) in [6.45, 7) is 1.89. The molecule has 0 saturated heterocycles. The van der Waals surface area contributed by atoms with Gasteiger partial charge in [0.2, 0.25) is 0 Å². The zero-order valence-electron chi connectivity index (χ0n) is 13.4. The summed E-state index contributed by atoms with van der Waals surface area (Å²) in [5, 5.41) is 5.05. The van der Waals surface area contributed by atoms with E-state index in [0.717, 1.165) is 9.44 Å². The highest BCUT2D eigenvalue weighted by Gasteiger charge is 2.16. The molecule has 0 bridgehead atoms. The van der Waals surface area contributed by atoms with Crippen LogP contribution in [0.15, 0.2) is 39.4 Å². The first-order valence-electron chi connectivity index (χ1n) is 7.30. The molecule has 0 unspecified atom stereocenters. The van der Waals surface area contributed by atoms with E-state index in [9.17, 15) is 14.4 Å². The molecular formula is C16H16N4O3S. The Morgan fingerprint density at radius 3 is 2.71 bits per heavy atom. The van der Waals surface area contributed by atoms with Crippen LogP contribution in [0.2, 0.25) is 0 Å². The van der Waals surface area contributed by atoms with Gasteiger partial charge in [-0.15, -0.1) is 11.3 Å². The smallest absolute Gasteiger partial charge is 0.332 e. The highest BCUT2D eigenvalue weighted by Crippen LogP contribution is 2.18. The molecule has 0 spiro atoms. The summed E-state index contributed by atoms with van der Waals surface area (Å²) in [6, 6.07) is 5.20. The largest absolute Gasteiger partial charge is 0.345 e. The van der Waals surface area contributed by atoms with Gasteiger partial charge in [0.1, 0.15) is 5.65 Å². The molecule has 1 N–H and O–H groups in total. The molecule has 1 amide bonds. The van der Waals surface area contributed by atoms with Crippen LogP contribution in [0.3, 0.4) is 0 Å². The predicted molar refractivity (Wildman–Crippen MR) is 92.4 cm³/mol. The highest BCUT2D eigenvalue weighted by molar-refractivity contribution is 7.10. The standard InChI is InChI=1S/C16H16N4O3S/c1-9(12-5-4-6-24-12)18-14(21)10-7-11-13(17-8-10)19(2)16(23)20(3)15(11)22/h4-9H,1-3H3,(H,18,21)/t9-/m1/s1. The van der Waals surface area contributed by atoms with Gasteiger partial charge in [0.15, 0.2) is 0 Å². The molecule has 7 nitrogen and oxygen atoms in total. The Morgan fingerprint density at radius 2 is 2.04 bits per heavy atom. The molecule has 0 aliphatic carbocycles. The maximum absolute atomic E-state index is 12.4. The van der Waals surface area contributed by atoms with Crippen molar-refractivity contribution in [2.75, 3.05) is 0 Å². The average molecular weight is 344 g/mol. The number of carbonyl (C=O) groups excluding carboxylic acids is 1. The number of hydrogen-bond acceptors (Lipinski definition) is 5. The van der Waals surface area contributed by atoms with Gasteiger partial charge >= 0.3 is 5.69 Å². The van der Waals surface area contributed by atoms with E-state index in [1.54, 1.807) is 11.3 Å². The van der Waals surface area contributed by atoms with E-state index < -0.39 is 11.2 Å². The molecule has 0 aliphatic rings. The van der Waals surface area contributed by atoms with Gasteiger partial charge < -0.3 is 5.32 Å². The van der Waals surface area contributed by atoms with E-state index in [0.29, 0.717) is 0 Å². The number of nitrogens with one attached hydrogen (secondary N) is 1. The monoisotopic (exact) mass is 344 g/mol. The Hall–Kier alpha value is -2.74. The van der Waals surface area contributed by atoms with Crippen LogP contribution in [0.4, 0.5) is 0 Å². The average Bonchev–Trinajstić information content (AvgIpc) is 3.12. The maximum atomic E-state index is 12.4. The van der Waals surface area contributed by atoms with Crippen molar-refractivity contribution in [2.45, 2.75) is 13.0 Å². The lowest BCUT2D eigenvalue weighted by Crippen LogP contribution is -2.37. The molecular weight excluding hydrogens is 328 g/mol. The number of carbonyl (C=O) groups is 1. The lowest BCUT2D eigenvalue weighted by molar-refractivity contribution is 0.0940. The van der Waals surface area contributed by atoms with Gasteiger partial charge in [-0.3, -0.25) is 18.7 Å². The molecule has 8 heteroatoms. The lowest BCUT2D eigenvalue weighted by atomic mass is 10.2. The van der Waals surface area contributed by atoms with Crippen molar-refractivity contribution in [1.29, 1.82) is 0 Å². The molecule has 3 rings (SSSR count). The van der Waals surface area contributed by atoms with E-state index in [-0.39, 0.29) is 28.5 Å². The van der Waals surface area contributed by atoms with Gasteiger partial charge in [0.25, 0.3) is 11.5 Å². The van der Waals surface area contributed by atoms with Crippen LogP contribution in [-0.2, 0) is 14.1 Å². The van der Waals surface area contributed by atoms with E-state index >= 15 is 0 Å². The highest BCUT2D eigenvalue weighted by atomic mass is 32.1. The molecule has 24 heavy (non-hydrogen) atoms. The van der Waals surface area contributed by atoms with Crippen molar-refractivity contribution >= 4 is 28.3 Å². The van der Waals surface area contributed by atoms with Crippen LogP contribution in [-0.4, -0.2) is 20.0 Å². The number of aryl methyl sites for hydroxylation is 1. The minimum atomic E-state index is -0.471. The Kier molecular flexibility index (Phi) is 4.06. The van der Waals surface area contributed by atoms with Crippen LogP contribution in [0.25, 0.3) is 11.0 Å². The number of pyridine rings is 1. The number of aromatic nitrogens is 3. The van der Waals surface area contributed by atoms with Crippen molar-refractivity contribution in [3.05, 3.63) is 61.1 Å². The van der Waals surface area contributed by atoms with Crippen molar-refractivity contribution in [1.82, 2.24) is 19.4 Å². The van der Waals surface area contributed by atoms with Gasteiger partial charge in [0, 0.05) is 25.2 Å². The number of fused-ring (bicyclic) bond motifs is 1. The van der Waals surface area contributed by atoms with Gasteiger partial charge in [-0.25, -0.2) is 9.78 Å². The third kappa shape index (κ3) is 2.65. The summed E-state index contributed by atoms with van der Waals surface area (Å²) >= 11 is 1.56. The van der Waals surface area contributed by atoms with Crippen LogP contribution in [0, 0.1) is 0 Å². The van der Waals surface area contributed by atoms with Crippen molar-refractivity contribution in [2.24, 2.45) is 14.1 Å². The maximum Gasteiger partial charge on any atom is 0.332 e. The SMILES string of the molecule is C[C@@H](NC(=O)c1cnc2c(c1)c(=O)n(C)c(=O)n2C)c1cccs1. The third-order valence-corrected chi connectivity index (χ3v) is 4.93. The van der Waals surface area contributed by atoms with E-state index in [4.69, 9.17) is 0 Å². The fourth-order valence-corrected chi connectivity index (χ4v) is 3.21. The van der Waals surface area contributed by atoms with Crippen LogP contribution in [0.1, 0.15) is 28.2 Å². The van der Waals surface area contributed by atoms with Gasteiger partial charge in [-0.1, -0.05) is 6.07 Å². The number of nitrogens with zero attached hydrogens (tertiary/aromatic N) is 3. The molecule has 0 radical (unpaired) electrons. The molecule has 0 aliphatic heterocycles. The molecule has 3 heterocycles. The van der Waals surface area contributed by atoms with E-state index in [1.165, 1.54) is 30.9 Å². The normalized spacial score (nSPS) is 12.3. The number of thiophene rings is 1. The summed E-state index contributed by atoms with van der Waals surface area (Å²) in [5.41, 5.74) is -0.391. The predicted octanol–water partition coefficient (Wildman–Crippen LogP) is 1.18. The molecule has 1 atom stereocenters. The second kappa shape index (κ2) is 6.04. The molecule has 0 saturated carbocycles. The third-order valence-electron chi connectivity index (χ3n) is 3.87. The molecule has 124 valence electrons. The van der Waals surface area contributed by atoms with Crippen molar-refractivity contribution < 1.29 is 4.79 Å². The topological polar surface area (TPSA) is 86.0 Å². The molecule has 0 aromatic carbocycles. The molecule has 3 aromatic heterocycles. The summed E-state index contributed by atoms with van der Waals surface area (Å²) in [7, 11) is 2.94. The first-order chi connectivity index (χ1) is 11.4. The summed E-state index contributed by atoms with van der Waals surface area (Å²) in [5.74, 6) is -0.318. The quantitative estimate of drug-likeness (QED) is 0.773. The number of hydrogen-bond donors (Lipinski definition) is 1. The fourth-order valence-electron chi connectivity index (χ4n) is 2.48. The van der Waals surface area contributed by atoms with Crippen molar-refractivity contribution in [3.63, 3.8) is 0 Å². The first kappa shape index (κ1) is 16.1. The van der Waals surface area contributed by atoms with Gasteiger partial charge in [-0.05, 0) is 24.4 Å². The molecule has 3 aromatic rings. The van der Waals surface area contributed by atoms with Crippen LogP contribution in [0.5, 0.6) is 0 Å². The zero-order valence-corrected chi connectivity index (χ0v) is 14.3. The fraction of sp³-hybridized carbons (Fsp3) is 0.250. The van der Waals surface area contributed by atoms with E-state index in [2.05, 4.69) is 10.3 Å². The summed E-state index contributed by atoms with van der Waals surface area (Å²) in [4.78, 5) is 41.8. The van der Waals surface area contributed by atoms with Gasteiger partial charge in [0.05, 0.1) is 17.0 Å². The minimum absolute atomic E-state index is 0.142. The number of amides is 1. The Morgan fingerprint density at radius 1 is 1.29 bits per heavy atom. The Labute approximate surface area is 141 Å². The Balaban J connectivity index is 2.00.